The maximum atomic E-state index is 12.4. The van der Waals surface area contributed by atoms with Crippen molar-refractivity contribution < 1.29 is 4.79 Å². The Hall–Kier alpha value is -3.07. The van der Waals surface area contributed by atoms with Crippen LogP contribution < -0.4 is 10.6 Å². The molecule has 0 bridgehead atoms. The Labute approximate surface area is 161 Å². The highest BCUT2D eigenvalue weighted by Crippen LogP contribution is 2.22. The first kappa shape index (κ1) is 18.7. The molecule has 138 valence electrons. The molecule has 0 aliphatic rings. The van der Waals surface area contributed by atoms with Gasteiger partial charge < -0.3 is 10.6 Å². The fourth-order valence-electron chi connectivity index (χ4n) is 2.98. The van der Waals surface area contributed by atoms with Crippen molar-refractivity contribution in [1.82, 2.24) is 0 Å². The summed E-state index contributed by atoms with van der Waals surface area (Å²) in [5.41, 5.74) is 6.11. The van der Waals surface area contributed by atoms with Crippen molar-refractivity contribution in [3.8, 4) is 11.1 Å². The summed E-state index contributed by atoms with van der Waals surface area (Å²) in [6.07, 6.45) is 3.57. The predicted octanol–water partition coefficient (Wildman–Crippen LogP) is 5.99. The number of anilines is 2. The first-order valence-electron chi connectivity index (χ1n) is 9.48. The minimum atomic E-state index is -0.103. The molecular formula is C24H26N2O. The summed E-state index contributed by atoms with van der Waals surface area (Å²) in [5, 5.41) is 5.99. The maximum absolute atomic E-state index is 12.4. The van der Waals surface area contributed by atoms with Gasteiger partial charge in [-0.05, 0) is 65.9 Å². The minimum absolute atomic E-state index is 0.103. The van der Waals surface area contributed by atoms with E-state index in [9.17, 15) is 4.79 Å². The highest BCUT2D eigenvalue weighted by Gasteiger charge is 2.07. The van der Waals surface area contributed by atoms with Crippen molar-refractivity contribution in [3.05, 3.63) is 83.9 Å². The molecule has 3 heteroatoms. The molecule has 0 aliphatic heterocycles. The largest absolute Gasteiger partial charge is 0.388 e. The smallest absolute Gasteiger partial charge is 0.255 e. The molecule has 0 saturated carbocycles. The van der Waals surface area contributed by atoms with Gasteiger partial charge in [-0.25, -0.2) is 0 Å². The van der Waals surface area contributed by atoms with Crippen LogP contribution >= 0.6 is 0 Å². The molecule has 0 spiro atoms. The normalized spacial score (nSPS) is 10.4. The third-order valence-electron chi connectivity index (χ3n) is 4.68. The molecule has 2 N–H and O–H groups in total. The number of hydrogen-bond donors (Lipinski definition) is 2. The van der Waals surface area contributed by atoms with Crippen LogP contribution in [0.2, 0.25) is 0 Å². The lowest BCUT2D eigenvalue weighted by Crippen LogP contribution is -2.11. The third kappa shape index (κ3) is 4.98. The molecule has 0 atom stereocenters. The lowest BCUT2D eigenvalue weighted by atomic mass is 10.0. The number of aryl methyl sites for hydroxylation is 1. The topological polar surface area (TPSA) is 41.1 Å². The number of rotatable bonds is 7. The van der Waals surface area contributed by atoms with E-state index in [1.54, 1.807) is 0 Å². The number of benzene rings is 3. The number of nitrogens with one attached hydrogen (secondary N) is 2. The van der Waals surface area contributed by atoms with Crippen LogP contribution in [0.4, 0.5) is 11.4 Å². The Bertz CT molecular complexity index is 866. The van der Waals surface area contributed by atoms with E-state index in [0.717, 1.165) is 23.4 Å². The summed E-state index contributed by atoms with van der Waals surface area (Å²) in [5.74, 6) is -0.103. The highest BCUT2D eigenvalue weighted by atomic mass is 16.1. The van der Waals surface area contributed by atoms with E-state index in [1.807, 2.05) is 55.6 Å². The summed E-state index contributed by atoms with van der Waals surface area (Å²) in [7, 11) is 1.87. The molecule has 0 aliphatic carbocycles. The van der Waals surface area contributed by atoms with Crippen molar-refractivity contribution in [2.45, 2.75) is 26.2 Å². The fourth-order valence-corrected chi connectivity index (χ4v) is 2.98. The average Bonchev–Trinajstić information content (AvgIpc) is 2.73. The van der Waals surface area contributed by atoms with E-state index in [4.69, 9.17) is 0 Å². The standard InChI is InChI=1S/C24H26N2O/c1-3-4-5-18-6-8-19(9-7-18)20-10-12-21(13-11-20)24(27)26-23-16-14-22(25-2)15-17-23/h6-17,25H,3-5H2,1-2H3,(H,26,27). The summed E-state index contributed by atoms with van der Waals surface area (Å²) in [6.45, 7) is 2.21. The van der Waals surface area contributed by atoms with Crippen LogP contribution in [-0.2, 0) is 6.42 Å². The molecule has 3 nitrogen and oxygen atoms in total. The van der Waals surface area contributed by atoms with Crippen LogP contribution in [0.15, 0.2) is 72.8 Å². The molecule has 0 heterocycles. The van der Waals surface area contributed by atoms with E-state index in [1.165, 1.54) is 24.0 Å². The van der Waals surface area contributed by atoms with Gasteiger partial charge in [-0.3, -0.25) is 4.79 Å². The van der Waals surface area contributed by atoms with Crippen LogP contribution in [0.1, 0.15) is 35.7 Å². The zero-order valence-corrected chi connectivity index (χ0v) is 16.0. The van der Waals surface area contributed by atoms with Gasteiger partial charge in [0.15, 0.2) is 0 Å². The summed E-state index contributed by atoms with van der Waals surface area (Å²) in [6, 6.07) is 24.1. The van der Waals surface area contributed by atoms with Gasteiger partial charge in [0.2, 0.25) is 0 Å². The van der Waals surface area contributed by atoms with Crippen molar-refractivity contribution in [2.24, 2.45) is 0 Å². The Kier molecular flexibility index (Phi) is 6.26. The van der Waals surface area contributed by atoms with E-state index in [0.29, 0.717) is 5.56 Å². The number of amides is 1. The first-order chi connectivity index (χ1) is 13.2. The Morgan fingerprint density at radius 2 is 1.33 bits per heavy atom. The molecule has 3 aromatic rings. The molecule has 0 radical (unpaired) electrons. The van der Waals surface area contributed by atoms with Gasteiger partial charge in [0.1, 0.15) is 0 Å². The molecule has 0 unspecified atom stereocenters. The molecular weight excluding hydrogens is 332 g/mol. The number of hydrogen-bond acceptors (Lipinski definition) is 2. The van der Waals surface area contributed by atoms with Crippen molar-refractivity contribution in [3.63, 3.8) is 0 Å². The summed E-state index contributed by atoms with van der Waals surface area (Å²) < 4.78 is 0. The van der Waals surface area contributed by atoms with Gasteiger partial charge >= 0.3 is 0 Å². The van der Waals surface area contributed by atoms with Crippen molar-refractivity contribution in [1.29, 1.82) is 0 Å². The second-order valence-electron chi connectivity index (χ2n) is 6.66. The minimum Gasteiger partial charge on any atom is -0.388 e. The van der Waals surface area contributed by atoms with Gasteiger partial charge in [0.05, 0.1) is 0 Å². The molecule has 27 heavy (non-hydrogen) atoms. The first-order valence-corrected chi connectivity index (χ1v) is 9.48. The lowest BCUT2D eigenvalue weighted by molar-refractivity contribution is 0.102. The maximum Gasteiger partial charge on any atom is 0.255 e. The quantitative estimate of drug-likeness (QED) is 0.544. The van der Waals surface area contributed by atoms with E-state index >= 15 is 0 Å². The second-order valence-corrected chi connectivity index (χ2v) is 6.66. The monoisotopic (exact) mass is 358 g/mol. The van der Waals surface area contributed by atoms with Gasteiger partial charge in [0.25, 0.3) is 5.91 Å². The molecule has 3 aromatic carbocycles. The Balaban J connectivity index is 1.66. The third-order valence-corrected chi connectivity index (χ3v) is 4.68. The van der Waals surface area contributed by atoms with Crippen molar-refractivity contribution in [2.75, 3.05) is 17.7 Å². The van der Waals surface area contributed by atoms with Gasteiger partial charge in [0, 0.05) is 24.0 Å². The van der Waals surface area contributed by atoms with E-state index < -0.39 is 0 Å². The molecule has 0 fully saturated rings. The van der Waals surface area contributed by atoms with Crippen LogP contribution in [-0.4, -0.2) is 13.0 Å². The molecule has 0 aromatic heterocycles. The van der Waals surface area contributed by atoms with Crippen LogP contribution in [0, 0.1) is 0 Å². The zero-order valence-electron chi connectivity index (χ0n) is 16.0. The Morgan fingerprint density at radius 1 is 0.778 bits per heavy atom. The van der Waals surface area contributed by atoms with Crippen molar-refractivity contribution >= 4 is 17.3 Å². The molecule has 0 saturated heterocycles. The fraction of sp³-hybridized carbons (Fsp3) is 0.208. The van der Waals surface area contributed by atoms with Gasteiger partial charge in [-0.1, -0.05) is 49.7 Å². The number of unbranched alkanes of at least 4 members (excludes halogenated alkanes) is 1. The summed E-state index contributed by atoms with van der Waals surface area (Å²) in [4.78, 5) is 12.4. The lowest BCUT2D eigenvalue weighted by Gasteiger charge is -2.08. The van der Waals surface area contributed by atoms with Gasteiger partial charge in [-0.15, -0.1) is 0 Å². The van der Waals surface area contributed by atoms with Crippen LogP contribution in [0.25, 0.3) is 11.1 Å². The zero-order chi connectivity index (χ0) is 19.1. The second kappa shape index (κ2) is 9.04. The summed E-state index contributed by atoms with van der Waals surface area (Å²) >= 11 is 0. The van der Waals surface area contributed by atoms with Crippen LogP contribution in [0.3, 0.4) is 0 Å². The SMILES string of the molecule is CCCCc1ccc(-c2ccc(C(=O)Nc3ccc(NC)cc3)cc2)cc1. The molecule has 1 amide bonds. The molecule has 3 rings (SSSR count). The Morgan fingerprint density at radius 3 is 1.89 bits per heavy atom. The average molecular weight is 358 g/mol. The number of carbonyl (C=O) groups is 1. The van der Waals surface area contributed by atoms with Crippen LogP contribution in [0.5, 0.6) is 0 Å². The van der Waals surface area contributed by atoms with Gasteiger partial charge in [-0.2, -0.15) is 0 Å². The highest BCUT2D eigenvalue weighted by molar-refractivity contribution is 6.04. The van der Waals surface area contributed by atoms with E-state index in [-0.39, 0.29) is 5.91 Å². The predicted molar refractivity (Wildman–Crippen MR) is 114 cm³/mol. The van der Waals surface area contributed by atoms with E-state index in [2.05, 4.69) is 41.8 Å². The number of carbonyl (C=O) groups excluding carboxylic acids is 1.